The molecule has 140 valence electrons. The molecule has 0 N–H and O–H groups in total. The Labute approximate surface area is 169 Å². The molecule has 0 amide bonds. The smallest absolute Gasteiger partial charge is 0.269 e. The van der Waals surface area contributed by atoms with Crippen molar-refractivity contribution in [2.24, 2.45) is 5.10 Å². The van der Waals surface area contributed by atoms with E-state index in [0.717, 1.165) is 33.9 Å². The third kappa shape index (κ3) is 2.83. The summed E-state index contributed by atoms with van der Waals surface area (Å²) in [6.45, 7) is 0. The van der Waals surface area contributed by atoms with Gasteiger partial charge in [-0.1, -0.05) is 17.7 Å². The second-order valence-electron chi connectivity index (χ2n) is 6.62. The summed E-state index contributed by atoms with van der Waals surface area (Å²) >= 11 is 7.88. The zero-order valence-corrected chi connectivity index (χ0v) is 16.1. The molecule has 3 aromatic rings. The van der Waals surface area contributed by atoms with Gasteiger partial charge in [-0.2, -0.15) is 5.10 Å². The normalized spacial score (nSPS) is 20.2. The third-order valence-electron chi connectivity index (χ3n) is 4.95. The molecule has 2 atom stereocenters. The molecule has 5 rings (SSSR count). The van der Waals surface area contributed by atoms with E-state index in [1.807, 2.05) is 28.6 Å². The second-order valence-corrected chi connectivity index (χ2v) is 8.01. The minimum Gasteiger partial charge on any atom is -0.464 e. The van der Waals surface area contributed by atoms with Crippen molar-refractivity contribution in [2.75, 3.05) is 0 Å². The van der Waals surface area contributed by atoms with Crippen molar-refractivity contribution in [2.45, 2.75) is 18.7 Å². The summed E-state index contributed by atoms with van der Waals surface area (Å²) in [6.07, 6.45) is 0.290. The Balaban J connectivity index is 1.58. The number of nitro groups is 1. The number of thiophene rings is 1. The van der Waals surface area contributed by atoms with Crippen molar-refractivity contribution in [1.29, 1.82) is 0 Å². The highest BCUT2D eigenvalue weighted by Crippen LogP contribution is 2.48. The molecule has 3 heterocycles. The summed E-state index contributed by atoms with van der Waals surface area (Å²) in [5.74, 6) is 0.761. The van der Waals surface area contributed by atoms with Gasteiger partial charge in [-0.25, -0.2) is 5.01 Å². The van der Waals surface area contributed by atoms with Crippen LogP contribution in [0.1, 0.15) is 34.7 Å². The SMILES string of the molecule is O=[N+]([O-])c1ccc([C@H]2Oc3ccc(Cl)cc3[C@@H]3CC(c4cccs4)=NN23)cc1. The second kappa shape index (κ2) is 6.61. The number of hydrogen-bond donors (Lipinski definition) is 0. The van der Waals surface area contributed by atoms with Crippen LogP contribution in [-0.2, 0) is 0 Å². The number of hydrazone groups is 1. The monoisotopic (exact) mass is 411 g/mol. The number of nitro benzene ring substituents is 1. The van der Waals surface area contributed by atoms with Crippen molar-refractivity contribution in [1.82, 2.24) is 5.01 Å². The van der Waals surface area contributed by atoms with Crippen LogP contribution in [0.25, 0.3) is 0 Å². The first-order chi connectivity index (χ1) is 13.6. The molecule has 0 aliphatic carbocycles. The summed E-state index contributed by atoms with van der Waals surface area (Å²) in [5, 5.41) is 20.5. The van der Waals surface area contributed by atoms with Crippen molar-refractivity contribution < 1.29 is 9.66 Å². The van der Waals surface area contributed by atoms with Crippen LogP contribution in [-0.4, -0.2) is 15.6 Å². The predicted molar refractivity (Wildman–Crippen MR) is 108 cm³/mol. The molecule has 0 saturated heterocycles. The molecule has 0 fully saturated rings. The molecular weight excluding hydrogens is 398 g/mol. The number of rotatable bonds is 3. The Morgan fingerprint density at radius 3 is 2.75 bits per heavy atom. The average molecular weight is 412 g/mol. The van der Waals surface area contributed by atoms with E-state index in [-0.39, 0.29) is 11.7 Å². The summed E-state index contributed by atoms with van der Waals surface area (Å²) < 4.78 is 6.25. The van der Waals surface area contributed by atoms with Crippen LogP contribution in [0.2, 0.25) is 5.02 Å². The Morgan fingerprint density at radius 1 is 1.21 bits per heavy atom. The Kier molecular flexibility index (Phi) is 4.07. The lowest BCUT2D eigenvalue weighted by Gasteiger charge is -2.38. The van der Waals surface area contributed by atoms with Gasteiger partial charge in [-0.05, 0) is 41.8 Å². The van der Waals surface area contributed by atoms with Gasteiger partial charge < -0.3 is 4.74 Å². The highest BCUT2D eigenvalue weighted by molar-refractivity contribution is 7.12. The van der Waals surface area contributed by atoms with E-state index in [9.17, 15) is 10.1 Å². The van der Waals surface area contributed by atoms with E-state index in [0.29, 0.717) is 5.02 Å². The Bertz CT molecular complexity index is 1080. The third-order valence-corrected chi connectivity index (χ3v) is 6.10. The van der Waals surface area contributed by atoms with Crippen LogP contribution in [0, 0.1) is 10.1 Å². The van der Waals surface area contributed by atoms with Gasteiger partial charge in [-0.3, -0.25) is 10.1 Å². The van der Waals surface area contributed by atoms with Crippen LogP contribution in [0.15, 0.2) is 65.1 Å². The number of non-ortho nitro benzene ring substituents is 1. The molecule has 2 aliphatic heterocycles. The van der Waals surface area contributed by atoms with Gasteiger partial charge in [0.2, 0.25) is 6.23 Å². The maximum absolute atomic E-state index is 11.0. The first kappa shape index (κ1) is 17.2. The van der Waals surface area contributed by atoms with Crippen molar-refractivity contribution in [3.05, 3.63) is 91.1 Å². The molecule has 0 saturated carbocycles. The fraction of sp³-hybridized carbons (Fsp3) is 0.150. The van der Waals surface area contributed by atoms with Crippen LogP contribution < -0.4 is 4.74 Å². The van der Waals surface area contributed by atoms with E-state index in [1.54, 1.807) is 29.5 Å². The Morgan fingerprint density at radius 2 is 2.04 bits per heavy atom. The number of nitrogens with zero attached hydrogens (tertiary/aromatic N) is 3. The topological polar surface area (TPSA) is 68.0 Å². The van der Waals surface area contributed by atoms with E-state index in [2.05, 4.69) is 6.07 Å². The van der Waals surface area contributed by atoms with E-state index >= 15 is 0 Å². The minimum absolute atomic E-state index is 0.000239. The summed E-state index contributed by atoms with van der Waals surface area (Å²) in [4.78, 5) is 11.7. The zero-order chi connectivity index (χ0) is 19.3. The first-order valence-corrected chi connectivity index (χ1v) is 9.96. The Hall–Kier alpha value is -2.90. The molecule has 2 aromatic carbocycles. The zero-order valence-electron chi connectivity index (χ0n) is 14.5. The quantitative estimate of drug-likeness (QED) is 0.418. The average Bonchev–Trinajstić information content (AvgIpc) is 3.37. The molecule has 1 aromatic heterocycles. The minimum atomic E-state index is -0.461. The van der Waals surface area contributed by atoms with Gasteiger partial charge in [0.05, 0.1) is 21.6 Å². The standard InChI is InChI=1S/C20H14ClN3O3S/c21-13-5-8-18-15(10-13)17-11-16(19-2-1-9-28-19)22-23(17)20(27-18)12-3-6-14(7-4-12)24(25)26/h1-10,17,20H,11H2/t17-,20+/m0/s1. The molecule has 0 unspecified atom stereocenters. The fourth-order valence-corrected chi connectivity index (χ4v) is 4.53. The molecule has 6 nitrogen and oxygen atoms in total. The molecule has 0 bridgehead atoms. The number of benzene rings is 2. The van der Waals surface area contributed by atoms with Gasteiger partial charge in [0.15, 0.2) is 0 Å². The number of ether oxygens (including phenoxy) is 1. The van der Waals surface area contributed by atoms with E-state index < -0.39 is 11.2 Å². The van der Waals surface area contributed by atoms with Gasteiger partial charge in [-0.15, -0.1) is 11.3 Å². The van der Waals surface area contributed by atoms with Crippen LogP contribution in [0.5, 0.6) is 5.75 Å². The van der Waals surface area contributed by atoms with Crippen molar-refractivity contribution in [3.63, 3.8) is 0 Å². The lowest BCUT2D eigenvalue weighted by molar-refractivity contribution is -0.384. The van der Waals surface area contributed by atoms with Crippen LogP contribution in [0.3, 0.4) is 0 Å². The maximum Gasteiger partial charge on any atom is 0.269 e. The van der Waals surface area contributed by atoms with Gasteiger partial charge >= 0.3 is 0 Å². The molecule has 28 heavy (non-hydrogen) atoms. The van der Waals surface area contributed by atoms with Crippen molar-refractivity contribution in [3.8, 4) is 5.75 Å². The van der Waals surface area contributed by atoms with Gasteiger partial charge in [0.1, 0.15) is 5.75 Å². The van der Waals surface area contributed by atoms with Gasteiger partial charge in [0.25, 0.3) is 5.69 Å². The summed E-state index contributed by atoms with van der Waals surface area (Å²) in [5.41, 5.74) is 2.86. The molecule has 8 heteroatoms. The molecular formula is C20H14ClN3O3S. The fourth-order valence-electron chi connectivity index (χ4n) is 3.63. The highest BCUT2D eigenvalue weighted by Gasteiger charge is 2.41. The van der Waals surface area contributed by atoms with E-state index in [4.69, 9.17) is 21.4 Å². The number of halogens is 1. The maximum atomic E-state index is 11.0. The van der Waals surface area contributed by atoms with E-state index in [1.165, 1.54) is 12.1 Å². The lowest BCUT2D eigenvalue weighted by Crippen LogP contribution is -2.33. The number of hydrogen-bond acceptors (Lipinski definition) is 6. The van der Waals surface area contributed by atoms with Crippen LogP contribution >= 0.6 is 22.9 Å². The van der Waals surface area contributed by atoms with Gasteiger partial charge in [0, 0.05) is 34.7 Å². The molecule has 0 spiro atoms. The lowest BCUT2D eigenvalue weighted by atomic mass is 9.97. The highest BCUT2D eigenvalue weighted by atomic mass is 35.5. The first-order valence-electron chi connectivity index (χ1n) is 8.70. The van der Waals surface area contributed by atoms with Crippen molar-refractivity contribution >= 4 is 34.3 Å². The number of fused-ring (bicyclic) bond motifs is 3. The van der Waals surface area contributed by atoms with Crippen LogP contribution in [0.4, 0.5) is 5.69 Å². The molecule has 0 radical (unpaired) electrons. The molecule has 2 aliphatic rings. The summed E-state index contributed by atoms with van der Waals surface area (Å²) in [7, 11) is 0. The summed E-state index contributed by atoms with van der Waals surface area (Å²) in [6, 6.07) is 16.1. The largest absolute Gasteiger partial charge is 0.464 e. The predicted octanol–water partition coefficient (Wildman–Crippen LogP) is 5.55.